The van der Waals surface area contributed by atoms with Gasteiger partial charge in [0.15, 0.2) is 0 Å². The molecule has 0 unspecified atom stereocenters. The Morgan fingerprint density at radius 3 is 2.12 bits per heavy atom. The van der Waals surface area contributed by atoms with Crippen LogP contribution in [0.3, 0.4) is 0 Å². The third-order valence-electron chi connectivity index (χ3n) is 3.99. The van der Waals surface area contributed by atoms with Gasteiger partial charge in [-0.05, 0) is 17.8 Å². The highest BCUT2D eigenvalue weighted by Gasteiger charge is 2.65. The third kappa shape index (κ3) is 2.70. The van der Waals surface area contributed by atoms with Crippen molar-refractivity contribution in [2.45, 2.75) is 40.7 Å². The summed E-state index contributed by atoms with van der Waals surface area (Å²) < 4.78 is 4.71. The highest BCUT2D eigenvalue weighted by Crippen LogP contribution is 2.62. The first-order chi connectivity index (χ1) is 7.73. The first kappa shape index (κ1) is 13.8. The molecule has 0 spiro atoms. The van der Waals surface area contributed by atoms with Gasteiger partial charge in [-0.2, -0.15) is 0 Å². The molecular weight excluding hydrogens is 220 g/mol. The molecule has 98 valence electrons. The van der Waals surface area contributed by atoms with E-state index in [4.69, 9.17) is 4.74 Å². The number of carbonyl (C=O) groups is 2. The van der Waals surface area contributed by atoms with E-state index in [1.807, 2.05) is 0 Å². The van der Waals surface area contributed by atoms with Crippen LogP contribution in [0.4, 0.5) is 4.79 Å². The van der Waals surface area contributed by atoms with E-state index in [1.54, 1.807) is 6.92 Å². The van der Waals surface area contributed by atoms with Gasteiger partial charge in [-0.1, -0.05) is 27.7 Å². The Bertz CT molecular complexity index is 310. The van der Waals surface area contributed by atoms with Gasteiger partial charge in [0.2, 0.25) is 0 Å². The van der Waals surface area contributed by atoms with Crippen molar-refractivity contribution in [2.75, 3.05) is 13.2 Å². The van der Waals surface area contributed by atoms with Crippen molar-refractivity contribution in [1.29, 1.82) is 0 Å². The van der Waals surface area contributed by atoms with E-state index >= 15 is 0 Å². The van der Waals surface area contributed by atoms with Gasteiger partial charge in [0, 0.05) is 6.04 Å². The van der Waals surface area contributed by atoms with Gasteiger partial charge < -0.3 is 15.4 Å². The molecule has 1 rings (SSSR count). The van der Waals surface area contributed by atoms with Crippen LogP contribution >= 0.6 is 0 Å². The Morgan fingerprint density at radius 2 is 1.71 bits per heavy atom. The fourth-order valence-electron chi connectivity index (χ4n) is 2.10. The lowest BCUT2D eigenvalue weighted by Gasteiger charge is -2.08. The summed E-state index contributed by atoms with van der Waals surface area (Å²) in [7, 11) is 0. The van der Waals surface area contributed by atoms with Gasteiger partial charge in [0.05, 0.1) is 6.61 Å². The zero-order chi connectivity index (χ0) is 13.3. The molecule has 1 aliphatic carbocycles. The lowest BCUT2D eigenvalue weighted by atomic mass is 10.0. The molecule has 5 heteroatoms. The lowest BCUT2D eigenvalue weighted by molar-refractivity contribution is -0.141. The van der Waals surface area contributed by atoms with Crippen molar-refractivity contribution < 1.29 is 14.3 Å². The number of nitrogens with one attached hydrogen (secondary N) is 2. The molecule has 17 heavy (non-hydrogen) atoms. The van der Waals surface area contributed by atoms with Crippen LogP contribution in [0.2, 0.25) is 0 Å². The number of esters is 1. The molecule has 1 fully saturated rings. The van der Waals surface area contributed by atoms with Crippen LogP contribution < -0.4 is 10.6 Å². The molecule has 0 heterocycles. The Balaban J connectivity index is 2.31. The molecule has 1 saturated carbocycles. The number of hydrogen-bond donors (Lipinski definition) is 2. The van der Waals surface area contributed by atoms with Crippen molar-refractivity contribution in [3.8, 4) is 0 Å². The molecule has 0 radical (unpaired) electrons. The molecule has 0 aromatic carbocycles. The molecule has 5 nitrogen and oxygen atoms in total. The predicted molar refractivity (Wildman–Crippen MR) is 64.5 cm³/mol. The summed E-state index contributed by atoms with van der Waals surface area (Å²) in [6.07, 6.45) is 0. The lowest BCUT2D eigenvalue weighted by Crippen LogP contribution is -2.41. The Hall–Kier alpha value is -1.26. The maximum absolute atomic E-state index is 11.5. The smallest absolute Gasteiger partial charge is 0.325 e. The van der Waals surface area contributed by atoms with Crippen molar-refractivity contribution in [2.24, 2.45) is 10.8 Å². The zero-order valence-electron chi connectivity index (χ0n) is 11.2. The number of ether oxygens (including phenoxy) is 1. The molecule has 0 atom stereocenters. The highest BCUT2D eigenvalue weighted by atomic mass is 16.5. The van der Waals surface area contributed by atoms with Gasteiger partial charge in [0.1, 0.15) is 6.54 Å². The standard InChI is InChI=1S/C12H22N2O3/c1-6-17-8(15)7-13-10(16)14-9-11(2,3)12(9,4)5/h9H,6-7H2,1-5H3,(H2,13,14,16). The normalized spacial score (nSPS) is 20.5. The topological polar surface area (TPSA) is 67.4 Å². The minimum absolute atomic E-state index is 0.0900. The molecule has 1 aliphatic rings. The van der Waals surface area contributed by atoms with Crippen LogP contribution in [0.5, 0.6) is 0 Å². The van der Waals surface area contributed by atoms with Gasteiger partial charge >= 0.3 is 12.0 Å². The second kappa shape index (κ2) is 4.55. The van der Waals surface area contributed by atoms with E-state index in [0.717, 1.165) is 0 Å². The first-order valence-corrected chi connectivity index (χ1v) is 5.93. The molecule has 2 amide bonds. The van der Waals surface area contributed by atoms with Gasteiger partial charge in [0.25, 0.3) is 0 Å². The fraction of sp³-hybridized carbons (Fsp3) is 0.833. The summed E-state index contributed by atoms with van der Waals surface area (Å²) in [5.74, 6) is -0.419. The second-order valence-corrected chi connectivity index (χ2v) is 5.51. The van der Waals surface area contributed by atoms with Crippen LogP contribution in [-0.2, 0) is 9.53 Å². The maximum Gasteiger partial charge on any atom is 0.325 e. The first-order valence-electron chi connectivity index (χ1n) is 5.93. The van der Waals surface area contributed by atoms with Crippen LogP contribution in [0.1, 0.15) is 34.6 Å². The summed E-state index contributed by atoms with van der Waals surface area (Å²) in [6.45, 7) is 10.4. The monoisotopic (exact) mass is 242 g/mol. The molecule has 0 aromatic heterocycles. The van der Waals surface area contributed by atoms with E-state index in [9.17, 15) is 9.59 Å². The minimum atomic E-state index is -0.419. The molecule has 0 saturated heterocycles. The number of urea groups is 1. The molecule has 0 aromatic rings. The van der Waals surface area contributed by atoms with E-state index in [1.165, 1.54) is 0 Å². The quantitative estimate of drug-likeness (QED) is 0.730. The molecule has 0 aliphatic heterocycles. The van der Waals surface area contributed by atoms with Crippen molar-refractivity contribution in [3.05, 3.63) is 0 Å². The molecule has 0 bridgehead atoms. The van der Waals surface area contributed by atoms with Crippen molar-refractivity contribution in [3.63, 3.8) is 0 Å². The van der Waals surface area contributed by atoms with Gasteiger partial charge in [-0.15, -0.1) is 0 Å². The Labute approximate surface area is 102 Å². The number of rotatable bonds is 4. The van der Waals surface area contributed by atoms with E-state index in [2.05, 4.69) is 38.3 Å². The summed E-state index contributed by atoms with van der Waals surface area (Å²) in [5, 5.41) is 5.36. The fourth-order valence-corrected chi connectivity index (χ4v) is 2.10. The van der Waals surface area contributed by atoms with Crippen LogP contribution in [0.15, 0.2) is 0 Å². The highest BCUT2D eigenvalue weighted by molar-refractivity contribution is 5.81. The van der Waals surface area contributed by atoms with Crippen molar-refractivity contribution >= 4 is 12.0 Å². The SMILES string of the molecule is CCOC(=O)CNC(=O)NC1C(C)(C)C1(C)C. The maximum atomic E-state index is 11.5. The Kier molecular flexibility index (Phi) is 3.69. The second-order valence-electron chi connectivity index (χ2n) is 5.51. The predicted octanol–water partition coefficient (Wildman–Crippen LogP) is 1.28. The largest absolute Gasteiger partial charge is 0.465 e. The minimum Gasteiger partial charge on any atom is -0.465 e. The summed E-state index contributed by atoms with van der Waals surface area (Å²) in [5.41, 5.74) is 0.183. The summed E-state index contributed by atoms with van der Waals surface area (Å²) >= 11 is 0. The van der Waals surface area contributed by atoms with Crippen molar-refractivity contribution in [1.82, 2.24) is 10.6 Å². The third-order valence-corrected chi connectivity index (χ3v) is 3.99. The van der Waals surface area contributed by atoms with Gasteiger partial charge in [-0.3, -0.25) is 4.79 Å². The van der Waals surface area contributed by atoms with E-state index in [0.29, 0.717) is 6.61 Å². The zero-order valence-corrected chi connectivity index (χ0v) is 11.2. The van der Waals surface area contributed by atoms with Crippen LogP contribution in [0.25, 0.3) is 0 Å². The summed E-state index contributed by atoms with van der Waals surface area (Å²) in [6, 6.07) is -0.182. The van der Waals surface area contributed by atoms with Crippen LogP contribution in [0, 0.1) is 10.8 Å². The summed E-state index contributed by atoms with van der Waals surface area (Å²) in [4.78, 5) is 22.6. The average molecular weight is 242 g/mol. The number of amides is 2. The van der Waals surface area contributed by atoms with E-state index < -0.39 is 5.97 Å². The van der Waals surface area contributed by atoms with Gasteiger partial charge in [-0.25, -0.2) is 4.79 Å². The number of carbonyl (C=O) groups excluding carboxylic acids is 2. The van der Waals surface area contributed by atoms with E-state index in [-0.39, 0.29) is 29.4 Å². The Morgan fingerprint density at radius 1 is 1.18 bits per heavy atom. The number of hydrogen-bond acceptors (Lipinski definition) is 3. The van der Waals surface area contributed by atoms with Crippen LogP contribution in [-0.4, -0.2) is 31.2 Å². The molecule has 2 N–H and O–H groups in total. The molecular formula is C12H22N2O3. The average Bonchev–Trinajstić information content (AvgIpc) is 2.58.